The minimum atomic E-state index is -1.01. The second-order valence-corrected chi connectivity index (χ2v) is 5.48. The highest BCUT2D eigenvalue weighted by Crippen LogP contribution is 2.33. The van der Waals surface area contributed by atoms with E-state index in [1.165, 1.54) is 5.39 Å². The molecule has 3 aromatic rings. The van der Waals surface area contributed by atoms with Crippen molar-refractivity contribution < 1.29 is 5.11 Å². The lowest BCUT2D eigenvalue weighted by Gasteiger charge is -2.27. The standard InChI is InChI=1S/C18H15BrO/c19-13-18(20,16-8-2-1-3-9-16)17-11-10-14-6-4-5-7-15(14)12-17/h1-12,20H,13H2. The molecule has 0 bridgehead atoms. The van der Waals surface area contributed by atoms with Crippen molar-refractivity contribution in [2.75, 3.05) is 5.33 Å². The summed E-state index contributed by atoms with van der Waals surface area (Å²) in [6, 6.07) is 24.1. The van der Waals surface area contributed by atoms with Gasteiger partial charge < -0.3 is 5.11 Å². The fourth-order valence-corrected chi connectivity index (χ4v) is 3.13. The third kappa shape index (κ3) is 2.26. The summed E-state index contributed by atoms with van der Waals surface area (Å²) < 4.78 is 0. The Balaban J connectivity index is 2.16. The van der Waals surface area contributed by atoms with Crippen molar-refractivity contribution in [2.24, 2.45) is 0 Å². The molecule has 0 radical (unpaired) electrons. The first-order valence-electron chi connectivity index (χ1n) is 6.57. The molecule has 2 heteroatoms. The molecule has 1 nitrogen and oxygen atoms in total. The first kappa shape index (κ1) is 13.3. The number of rotatable bonds is 3. The maximum absolute atomic E-state index is 11.1. The zero-order chi connectivity index (χ0) is 14.0. The number of aliphatic hydroxyl groups is 1. The SMILES string of the molecule is OC(CBr)(c1ccccc1)c1ccc2ccccc2c1. The van der Waals surface area contributed by atoms with E-state index in [1.807, 2.05) is 48.5 Å². The highest BCUT2D eigenvalue weighted by atomic mass is 79.9. The van der Waals surface area contributed by atoms with Crippen molar-refractivity contribution in [3.05, 3.63) is 83.9 Å². The third-order valence-corrected chi connectivity index (χ3v) is 4.48. The van der Waals surface area contributed by atoms with Crippen molar-refractivity contribution in [2.45, 2.75) is 5.60 Å². The Kier molecular flexibility index (Phi) is 3.60. The lowest BCUT2D eigenvalue weighted by molar-refractivity contribution is 0.109. The number of fused-ring (bicyclic) bond motifs is 1. The van der Waals surface area contributed by atoms with E-state index in [2.05, 4.69) is 40.2 Å². The monoisotopic (exact) mass is 326 g/mol. The van der Waals surface area contributed by atoms with Crippen molar-refractivity contribution in [1.29, 1.82) is 0 Å². The van der Waals surface area contributed by atoms with Gasteiger partial charge in [0.15, 0.2) is 0 Å². The van der Waals surface area contributed by atoms with Gasteiger partial charge in [-0.2, -0.15) is 0 Å². The van der Waals surface area contributed by atoms with Gasteiger partial charge in [0, 0.05) is 5.33 Å². The molecule has 20 heavy (non-hydrogen) atoms. The van der Waals surface area contributed by atoms with Crippen LogP contribution in [0.15, 0.2) is 72.8 Å². The van der Waals surface area contributed by atoms with E-state index in [4.69, 9.17) is 0 Å². The summed E-state index contributed by atoms with van der Waals surface area (Å²) in [4.78, 5) is 0. The van der Waals surface area contributed by atoms with Crippen LogP contribution in [0.3, 0.4) is 0 Å². The first-order chi connectivity index (χ1) is 9.74. The predicted octanol–water partition coefficient (Wildman–Crippen LogP) is 4.47. The van der Waals surface area contributed by atoms with Gasteiger partial charge in [0.25, 0.3) is 0 Å². The highest BCUT2D eigenvalue weighted by molar-refractivity contribution is 9.09. The molecule has 0 heterocycles. The lowest BCUT2D eigenvalue weighted by atomic mass is 9.87. The van der Waals surface area contributed by atoms with Gasteiger partial charge in [-0.25, -0.2) is 0 Å². The van der Waals surface area contributed by atoms with Crippen LogP contribution < -0.4 is 0 Å². The second kappa shape index (κ2) is 5.39. The van der Waals surface area contributed by atoms with Gasteiger partial charge >= 0.3 is 0 Å². The van der Waals surface area contributed by atoms with Crippen molar-refractivity contribution in [3.63, 3.8) is 0 Å². The molecule has 3 rings (SSSR count). The van der Waals surface area contributed by atoms with Gasteiger partial charge in [-0.15, -0.1) is 0 Å². The Bertz CT molecular complexity index is 724. The molecule has 100 valence electrons. The van der Waals surface area contributed by atoms with E-state index in [0.29, 0.717) is 5.33 Å². The number of halogens is 1. The number of hydrogen-bond donors (Lipinski definition) is 1. The predicted molar refractivity (Wildman–Crippen MR) is 87.2 cm³/mol. The van der Waals surface area contributed by atoms with Crippen LogP contribution in [-0.4, -0.2) is 10.4 Å². The molecule has 0 saturated heterocycles. The summed E-state index contributed by atoms with van der Waals surface area (Å²) in [6.07, 6.45) is 0. The van der Waals surface area contributed by atoms with Crippen molar-refractivity contribution in [1.82, 2.24) is 0 Å². The normalized spacial score (nSPS) is 14.1. The molecule has 0 aliphatic rings. The fourth-order valence-electron chi connectivity index (χ4n) is 2.48. The van der Waals surface area contributed by atoms with E-state index in [9.17, 15) is 5.11 Å². The van der Waals surface area contributed by atoms with Crippen LogP contribution in [0.5, 0.6) is 0 Å². The molecule has 0 amide bonds. The maximum atomic E-state index is 11.1. The van der Waals surface area contributed by atoms with E-state index in [1.54, 1.807) is 0 Å². The van der Waals surface area contributed by atoms with Crippen molar-refractivity contribution >= 4 is 26.7 Å². The summed E-state index contributed by atoms with van der Waals surface area (Å²) in [5.74, 6) is 0. The summed E-state index contributed by atoms with van der Waals surface area (Å²) in [5.41, 5.74) is 0.789. The lowest BCUT2D eigenvalue weighted by Crippen LogP contribution is -2.29. The fraction of sp³-hybridized carbons (Fsp3) is 0.111. The van der Waals surface area contributed by atoms with Gasteiger partial charge in [-0.3, -0.25) is 0 Å². The third-order valence-electron chi connectivity index (χ3n) is 3.67. The van der Waals surface area contributed by atoms with Gasteiger partial charge in [0.05, 0.1) is 0 Å². The average Bonchev–Trinajstić information content (AvgIpc) is 2.54. The van der Waals surface area contributed by atoms with Crippen LogP contribution in [0, 0.1) is 0 Å². The number of benzene rings is 3. The molecule has 0 spiro atoms. The van der Waals surface area contributed by atoms with Gasteiger partial charge in [-0.1, -0.05) is 82.7 Å². The van der Waals surface area contributed by atoms with Crippen LogP contribution in [-0.2, 0) is 5.60 Å². The smallest absolute Gasteiger partial charge is 0.124 e. The highest BCUT2D eigenvalue weighted by Gasteiger charge is 2.30. The van der Waals surface area contributed by atoms with Crippen molar-refractivity contribution in [3.8, 4) is 0 Å². The number of hydrogen-bond acceptors (Lipinski definition) is 1. The van der Waals surface area contributed by atoms with E-state index in [0.717, 1.165) is 16.5 Å². The molecular weight excluding hydrogens is 312 g/mol. The van der Waals surface area contributed by atoms with E-state index >= 15 is 0 Å². The summed E-state index contributed by atoms with van der Waals surface area (Å²) in [7, 11) is 0. The molecule has 0 aliphatic heterocycles. The van der Waals surface area contributed by atoms with Crippen LogP contribution in [0.4, 0.5) is 0 Å². The zero-order valence-corrected chi connectivity index (χ0v) is 12.5. The molecule has 1 unspecified atom stereocenters. The van der Waals surface area contributed by atoms with E-state index < -0.39 is 5.60 Å². The zero-order valence-electron chi connectivity index (χ0n) is 11.0. The number of alkyl halides is 1. The largest absolute Gasteiger partial charge is 0.380 e. The topological polar surface area (TPSA) is 20.2 Å². The molecule has 0 fully saturated rings. The molecule has 1 atom stereocenters. The van der Waals surface area contributed by atoms with Crippen LogP contribution in [0.1, 0.15) is 11.1 Å². The average molecular weight is 327 g/mol. The first-order valence-corrected chi connectivity index (χ1v) is 7.69. The summed E-state index contributed by atoms with van der Waals surface area (Å²) >= 11 is 3.46. The summed E-state index contributed by atoms with van der Waals surface area (Å²) in [5, 5.41) is 13.9. The molecule has 0 saturated carbocycles. The Morgan fingerprint density at radius 1 is 0.750 bits per heavy atom. The minimum absolute atomic E-state index is 0.461. The van der Waals surface area contributed by atoms with Gasteiger partial charge in [-0.05, 0) is 28.0 Å². The van der Waals surface area contributed by atoms with Crippen LogP contribution >= 0.6 is 15.9 Å². The molecule has 1 N–H and O–H groups in total. The minimum Gasteiger partial charge on any atom is -0.380 e. The molecule has 3 aromatic carbocycles. The summed E-state index contributed by atoms with van der Waals surface area (Å²) in [6.45, 7) is 0. The quantitative estimate of drug-likeness (QED) is 0.704. The molecule has 0 aliphatic carbocycles. The Hall–Kier alpha value is -1.64. The van der Waals surface area contributed by atoms with Crippen LogP contribution in [0.25, 0.3) is 10.8 Å². The molecule has 0 aromatic heterocycles. The van der Waals surface area contributed by atoms with Gasteiger partial charge in [0.1, 0.15) is 5.60 Å². The molecular formula is C18H15BrO. The van der Waals surface area contributed by atoms with E-state index in [-0.39, 0.29) is 0 Å². The Labute approximate surface area is 127 Å². The van der Waals surface area contributed by atoms with Gasteiger partial charge in [0.2, 0.25) is 0 Å². The maximum Gasteiger partial charge on any atom is 0.124 e. The Morgan fingerprint density at radius 2 is 1.40 bits per heavy atom. The Morgan fingerprint density at radius 3 is 2.10 bits per heavy atom. The second-order valence-electron chi connectivity index (χ2n) is 4.92. The van der Waals surface area contributed by atoms with Crippen LogP contribution in [0.2, 0.25) is 0 Å².